The molecule has 2 aromatic rings. The van der Waals surface area contributed by atoms with E-state index in [-0.39, 0.29) is 57.4 Å². The Morgan fingerprint density at radius 1 is 1.18 bits per heavy atom. The summed E-state index contributed by atoms with van der Waals surface area (Å²) in [6.07, 6.45) is 2.92. The van der Waals surface area contributed by atoms with E-state index in [0.717, 1.165) is 6.07 Å². The number of aliphatic carboxylic acids is 1. The summed E-state index contributed by atoms with van der Waals surface area (Å²) in [6.45, 7) is 1.53. The van der Waals surface area contributed by atoms with Crippen LogP contribution in [0.2, 0.25) is 0 Å². The molecule has 0 bridgehead atoms. The number of carboxylic acid groups (broad SMARTS) is 1. The van der Waals surface area contributed by atoms with Gasteiger partial charge in [-0.3, -0.25) is 14.5 Å². The molecule has 13 heteroatoms. The number of rotatable bonds is 6. The molecule has 1 unspecified atom stereocenters. The number of piperazine rings is 1. The standard InChI is InChI=1S/C25H24F2N4O6S/c26-16-7-14-21(19(27)22(16)29-5-3-28-4-6-29)30(13-1-2-13)9-15(23(14)33)25(36)37-10-12-11-38-18-8-17(32)31(18)20(12)24(34)35/h7,9,13,18,28H,1-6,8,10-11H2,(H,34,35). The van der Waals surface area contributed by atoms with Crippen LogP contribution in [0.5, 0.6) is 0 Å². The van der Waals surface area contributed by atoms with Crippen LogP contribution in [0.15, 0.2) is 28.3 Å². The molecule has 10 nitrogen and oxygen atoms in total. The average Bonchev–Trinajstić information content (AvgIpc) is 3.73. The second-order valence-corrected chi connectivity index (χ2v) is 10.9. The molecule has 200 valence electrons. The Morgan fingerprint density at radius 3 is 2.58 bits per heavy atom. The minimum absolute atomic E-state index is 0.0501. The minimum Gasteiger partial charge on any atom is -0.477 e. The van der Waals surface area contributed by atoms with Crippen LogP contribution in [0.1, 0.15) is 35.7 Å². The highest BCUT2D eigenvalue weighted by atomic mass is 32.2. The zero-order chi connectivity index (χ0) is 26.7. The summed E-state index contributed by atoms with van der Waals surface area (Å²) < 4.78 is 37.8. The summed E-state index contributed by atoms with van der Waals surface area (Å²) >= 11 is 1.36. The molecule has 1 aliphatic carbocycles. The lowest BCUT2D eigenvalue weighted by Gasteiger charge is -2.43. The maximum Gasteiger partial charge on any atom is 0.352 e. The summed E-state index contributed by atoms with van der Waals surface area (Å²) in [4.78, 5) is 52.9. The van der Waals surface area contributed by atoms with Gasteiger partial charge in [0.1, 0.15) is 29.4 Å². The van der Waals surface area contributed by atoms with E-state index in [2.05, 4.69) is 5.32 Å². The number of aromatic nitrogens is 1. The molecule has 4 heterocycles. The van der Waals surface area contributed by atoms with Crippen molar-refractivity contribution in [2.45, 2.75) is 30.7 Å². The first kappa shape index (κ1) is 24.9. The second-order valence-electron chi connectivity index (χ2n) is 9.73. The van der Waals surface area contributed by atoms with Crippen LogP contribution in [-0.4, -0.2) is 76.3 Å². The molecule has 1 aromatic carbocycles. The van der Waals surface area contributed by atoms with Crippen molar-refractivity contribution < 1.29 is 33.0 Å². The molecular formula is C25H24F2N4O6S. The first-order valence-electron chi connectivity index (χ1n) is 12.3. The number of pyridine rings is 1. The third kappa shape index (κ3) is 4.04. The molecule has 2 N–H and O–H groups in total. The fraction of sp³-hybridized carbons (Fsp3) is 0.440. The summed E-state index contributed by atoms with van der Waals surface area (Å²) in [5.74, 6) is -4.13. The van der Waals surface area contributed by atoms with E-state index in [9.17, 15) is 24.3 Å². The molecule has 1 aromatic heterocycles. The Labute approximate surface area is 219 Å². The number of carbonyl (C=O) groups is 3. The Hall–Kier alpha value is -3.45. The Bertz CT molecular complexity index is 1480. The number of β-lactam (4-membered cyclic amide) rings is 1. The number of ether oxygens (including phenoxy) is 1. The number of anilines is 1. The number of carbonyl (C=O) groups excluding carboxylic acids is 2. The largest absolute Gasteiger partial charge is 0.477 e. The molecular weight excluding hydrogens is 522 g/mol. The summed E-state index contributed by atoms with van der Waals surface area (Å²) in [5, 5.41) is 12.3. The van der Waals surface area contributed by atoms with Gasteiger partial charge in [-0.05, 0) is 18.9 Å². The van der Waals surface area contributed by atoms with E-state index in [4.69, 9.17) is 4.74 Å². The predicted octanol–water partition coefficient (Wildman–Crippen LogP) is 1.82. The minimum atomic E-state index is -1.30. The zero-order valence-corrected chi connectivity index (χ0v) is 21.0. The van der Waals surface area contributed by atoms with E-state index in [1.165, 1.54) is 27.4 Å². The number of amides is 1. The van der Waals surface area contributed by atoms with E-state index >= 15 is 8.78 Å². The van der Waals surface area contributed by atoms with Gasteiger partial charge in [0.2, 0.25) is 11.3 Å². The van der Waals surface area contributed by atoms with Gasteiger partial charge in [-0.1, -0.05) is 0 Å². The molecule has 1 saturated carbocycles. The molecule has 0 radical (unpaired) electrons. The molecule has 38 heavy (non-hydrogen) atoms. The summed E-state index contributed by atoms with van der Waals surface area (Å²) in [7, 11) is 0. The molecule has 4 aliphatic rings. The fourth-order valence-corrected chi connectivity index (χ4v) is 6.46. The van der Waals surface area contributed by atoms with Crippen molar-refractivity contribution in [3.8, 4) is 0 Å². The molecule has 1 atom stereocenters. The zero-order valence-electron chi connectivity index (χ0n) is 20.2. The van der Waals surface area contributed by atoms with E-state index in [0.29, 0.717) is 39.0 Å². The van der Waals surface area contributed by atoms with Gasteiger partial charge in [0, 0.05) is 49.7 Å². The highest BCUT2D eigenvalue weighted by Gasteiger charge is 2.45. The predicted molar refractivity (Wildman–Crippen MR) is 134 cm³/mol. The van der Waals surface area contributed by atoms with Crippen LogP contribution in [-0.2, 0) is 14.3 Å². The van der Waals surface area contributed by atoms with Gasteiger partial charge in [-0.25, -0.2) is 18.4 Å². The van der Waals surface area contributed by atoms with Crippen molar-refractivity contribution in [3.63, 3.8) is 0 Å². The SMILES string of the molecule is O=C(O)C1=C(COC(=O)c2cn(C3CC3)c3c(F)c(N4CCNCC4)c(F)cc3c2=O)CSC2CC(=O)N12. The van der Waals surface area contributed by atoms with Crippen LogP contribution in [0, 0.1) is 11.6 Å². The first-order chi connectivity index (χ1) is 18.3. The summed E-state index contributed by atoms with van der Waals surface area (Å²) in [6, 6.07) is 0.831. The highest BCUT2D eigenvalue weighted by Crippen LogP contribution is 2.41. The lowest BCUT2D eigenvalue weighted by atomic mass is 10.1. The quantitative estimate of drug-likeness (QED) is 0.413. The molecule has 2 saturated heterocycles. The number of hydrogen-bond donors (Lipinski definition) is 2. The van der Waals surface area contributed by atoms with Crippen LogP contribution in [0.4, 0.5) is 14.5 Å². The number of fused-ring (bicyclic) bond motifs is 2. The van der Waals surface area contributed by atoms with Crippen LogP contribution >= 0.6 is 11.8 Å². The van der Waals surface area contributed by atoms with Crippen molar-refractivity contribution in [2.24, 2.45) is 0 Å². The number of thioether (sulfide) groups is 1. The van der Waals surface area contributed by atoms with Crippen molar-refractivity contribution in [1.29, 1.82) is 0 Å². The van der Waals surface area contributed by atoms with Gasteiger partial charge in [-0.2, -0.15) is 0 Å². The number of halogens is 2. The number of hydrogen-bond acceptors (Lipinski definition) is 8. The first-order valence-corrected chi connectivity index (χ1v) is 13.4. The monoisotopic (exact) mass is 546 g/mol. The molecule has 3 aliphatic heterocycles. The number of benzene rings is 1. The van der Waals surface area contributed by atoms with Crippen LogP contribution < -0.4 is 15.6 Å². The van der Waals surface area contributed by atoms with Gasteiger partial charge in [0.15, 0.2) is 5.82 Å². The Morgan fingerprint density at radius 2 is 1.92 bits per heavy atom. The normalized spacial score (nSPS) is 21.4. The van der Waals surface area contributed by atoms with Crippen LogP contribution in [0.3, 0.4) is 0 Å². The van der Waals surface area contributed by atoms with Gasteiger partial charge >= 0.3 is 11.9 Å². The highest BCUT2D eigenvalue weighted by molar-refractivity contribution is 8.00. The van der Waals surface area contributed by atoms with Gasteiger partial charge < -0.3 is 24.6 Å². The van der Waals surface area contributed by atoms with Crippen molar-refractivity contribution >= 4 is 46.2 Å². The number of nitrogens with one attached hydrogen (secondary N) is 1. The number of esters is 1. The Kier molecular flexibility index (Phi) is 6.14. The lowest BCUT2D eigenvalue weighted by molar-refractivity contribution is -0.146. The van der Waals surface area contributed by atoms with Crippen molar-refractivity contribution in [1.82, 2.24) is 14.8 Å². The Balaban J connectivity index is 1.36. The number of carboxylic acids is 1. The fourth-order valence-electron chi connectivity index (χ4n) is 5.22. The maximum atomic E-state index is 15.8. The van der Waals surface area contributed by atoms with E-state index in [1.54, 1.807) is 4.90 Å². The van der Waals surface area contributed by atoms with E-state index < -0.39 is 41.2 Å². The van der Waals surface area contributed by atoms with Crippen LogP contribution in [0.25, 0.3) is 10.9 Å². The molecule has 0 spiro atoms. The molecule has 6 rings (SSSR count). The second kappa shape index (κ2) is 9.38. The lowest BCUT2D eigenvalue weighted by Crippen LogP contribution is -2.54. The van der Waals surface area contributed by atoms with Gasteiger partial charge in [0.25, 0.3) is 0 Å². The van der Waals surface area contributed by atoms with Crippen molar-refractivity contribution in [3.05, 3.63) is 51.0 Å². The third-order valence-electron chi connectivity index (χ3n) is 7.29. The maximum absolute atomic E-state index is 15.8. The number of nitrogens with zero attached hydrogens (tertiary/aromatic N) is 3. The third-order valence-corrected chi connectivity index (χ3v) is 8.57. The topological polar surface area (TPSA) is 121 Å². The summed E-state index contributed by atoms with van der Waals surface area (Å²) in [5.41, 5.74) is -1.47. The average molecular weight is 547 g/mol. The van der Waals surface area contributed by atoms with Gasteiger partial charge in [0.05, 0.1) is 22.7 Å². The van der Waals surface area contributed by atoms with E-state index in [1.807, 2.05) is 0 Å². The van der Waals surface area contributed by atoms with Crippen molar-refractivity contribution in [2.75, 3.05) is 43.4 Å². The van der Waals surface area contributed by atoms with Gasteiger partial charge in [-0.15, -0.1) is 11.8 Å². The molecule has 3 fully saturated rings. The molecule has 1 amide bonds. The smallest absolute Gasteiger partial charge is 0.352 e.